The van der Waals surface area contributed by atoms with Gasteiger partial charge in [0.15, 0.2) is 0 Å². The van der Waals surface area contributed by atoms with E-state index in [2.05, 4.69) is 0 Å². The van der Waals surface area contributed by atoms with Gasteiger partial charge in [0.1, 0.15) is 5.60 Å². The van der Waals surface area contributed by atoms with Gasteiger partial charge in [-0.25, -0.2) is 4.79 Å². The highest BCUT2D eigenvalue weighted by atomic mass is 35.5. The van der Waals surface area contributed by atoms with Gasteiger partial charge in [-0.2, -0.15) is 0 Å². The van der Waals surface area contributed by atoms with Gasteiger partial charge in [0.25, 0.3) is 0 Å². The number of carbonyl (C=O) groups excluding carboxylic acids is 1. The number of likely N-dealkylation sites (tertiary alicyclic amines) is 1. The summed E-state index contributed by atoms with van der Waals surface area (Å²) in [4.78, 5) is 13.9. The Bertz CT molecular complexity index is 287. The molecule has 0 spiro atoms. The fraction of sp³-hybridized carbons (Fsp3) is 0.917. The lowest BCUT2D eigenvalue weighted by Crippen LogP contribution is -2.42. The number of piperidine rings is 1. The summed E-state index contributed by atoms with van der Waals surface area (Å²) in [5.41, 5.74) is -0.407. The zero-order valence-electron chi connectivity index (χ0n) is 10.2. The maximum absolute atomic E-state index is 12.0. The minimum Gasteiger partial charge on any atom is -0.444 e. The van der Waals surface area contributed by atoms with Gasteiger partial charge in [0.2, 0.25) is 0 Å². The Hall–Kier alpha value is -0.440. The third-order valence-corrected chi connectivity index (χ3v) is 3.93. The first-order valence-electron chi connectivity index (χ1n) is 5.98. The second-order valence-electron chi connectivity index (χ2n) is 5.86. The third-order valence-electron chi connectivity index (χ3n) is 3.57. The molecule has 2 aliphatic rings. The van der Waals surface area contributed by atoms with E-state index in [9.17, 15) is 4.79 Å². The standard InChI is InChI=1S/C12H20ClNO2/c1-12(2,3)16-11(15)14-7-8-4-5-10(14)9(8)6-13/h8-10H,4-7H2,1-3H3. The second kappa shape index (κ2) is 4.10. The summed E-state index contributed by atoms with van der Waals surface area (Å²) in [7, 11) is 0. The molecule has 0 aromatic carbocycles. The lowest BCUT2D eigenvalue weighted by atomic mass is 10.0. The van der Waals surface area contributed by atoms with Gasteiger partial charge in [-0.1, -0.05) is 0 Å². The number of rotatable bonds is 1. The molecule has 0 aromatic rings. The average Bonchev–Trinajstić information content (AvgIpc) is 2.70. The maximum atomic E-state index is 12.0. The van der Waals surface area contributed by atoms with Crippen LogP contribution in [0.1, 0.15) is 33.6 Å². The third kappa shape index (κ3) is 2.15. The van der Waals surface area contributed by atoms with Crippen LogP contribution in [0.2, 0.25) is 0 Å². The van der Waals surface area contributed by atoms with Crippen LogP contribution in [0, 0.1) is 11.8 Å². The molecule has 2 bridgehead atoms. The van der Waals surface area contributed by atoms with E-state index in [1.54, 1.807) is 0 Å². The van der Waals surface area contributed by atoms with E-state index in [4.69, 9.17) is 16.3 Å². The van der Waals surface area contributed by atoms with E-state index >= 15 is 0 Å². The first-order valence-corrected chi connectivity index (χ1v) is 6.51. The number of carbonyl (C=O) groups is 1. The minimum absolute atomic E-state index is 0.171. The van der Waals surface area contributed by atoms with Crippen LogP contribution >= 0.6 is 11.6 Å². The first-order chi connectivity index (χ1) is 7.42. The molecule has 1 aliphatic carbocycles. The van der Waals surface area contributed by atoms with Crippen LogP contribution in [0.15, 0.2) is 0 Å². The summed E-state index contributed by atoms with van der Waals surface area (Å²) in [5, 5.41) is 0. The number of hydrogen-bond acceptors (Lipinski definition) is 2. The van der Waals surface area contributed by atoms with Gasteiger partial charge >= 0.3 is 6.09 Å². The molecule has 3 nitrogen and oxygen atoms in total. The van der Waals surface area contributed by atoms with E-state index in [1.165, 1.54) is 6.42 Å². The molecular formula is C12H20ClNO2. The van der Waals surface area contributed by atoms with Crippen molar-refractivity contribution in [1.29, 1.82) is 0 Å². The second-order valence-corrected chi connectivity index (χ2v) is 6.16. The fourth-order valence-corrected chi connectivity index (χ4v) is 3.35. The zero-order chi connectivity index (χ0) is 11.9. The van der Waals surface area contributed by atoms with Crippen LogP contribution in [0.4, 0.5) is 4.79 Å². The summed E-state index contributed by atoms with van der Waals surface area (Å²) in [6.07, 6.45) is 2.12. The Kier molecular flexibility index (Phi) is 3.08. The number of hydrogen-bond donors (Lipinski definition) is 0. The monoisotopic (exact) mass is 245 g/mol. The summed E-state index contributed by atoms with van der Waals surface area (Å²) in [5.74, 6) is 1.73. The van der Waals surface area contributed by atoms with Crippen molar-refractivity contribution in [2.75, 3.05) is 12.4 Å². The van der Waals surface area contributed by atoms with Gasteiger partial charge < -0.3 is 9.64 Å². The molecule has 2 fully saturated rings. The molecule has 2 rings (SSSR count). The molecule has 1 aliphatic heterocycles. The average molecular weight is 246 g/mol. The Morgan fingerprint density at radius 2 is 2.12 bits per heavy atom. The van der Waals surface area contributed by atoms with Crippen LogP contribution in [0.3, 0.4) is 0 Å². The Morgan fingerprint density at radius 3 is 2.62 bits per heavy atom. The molecule has 1 heterocycles. The number of nitrogens with zero attached hydrogens (tertiary/aromatic N) is 1. The number of amides is 1. The van der Waals surface area contributed by atoms with Crippen molar-refractivity contribution in [3.8, 4) is 0 Å². The van der Waals surface area contributed by atoms with Crippen molar-refractivity contribution in [2.24, 2.45) is 11.8 Å². The number of ether oxygens (including phenoxy) is 1. The van der Waals surface area contributed by atoms with Gasteiger partial charge in [0.05, 0.1) is 0 Å². The summed E-state index contributed by atoms with van der Waals surface area (Å²) in [6.45, 7) is 6.53. The van der Waals surface area contributed by atoms with Crippen molar-refractivity contribution in [2.45, 2.75) is 45.3 Å². The first kappa shape index (κ1) is 12.0. The van der Waals surface area contributed by atoms with Gasteiger partial charge in [-0.15, -0.1) is 11.6 Å². The lowest BCUT2D eigenvalue weighted by molar-refractivity contribution is 0.0183. The Balaban J connectivity index is 2.00. The van der Waals surface area contributed by atoms with E-state index in [0.717, 1.165) is 13.0 Å². The van der Waals surface area contributed by atoms with Gasteiger partial charge in [-0.05, 0) is 45.4 Å². The summed E-state index contributed by atoms with van der Waals surface area (Å²) in [6, 6.07) is 0.317. The van der Waals surface area contributed by atoms with Crippen LogP contribution in [-0.2, 0) is 4.74 Å². The SMILES string of the molecule is CC(C)(C)OC(=O)N1CC2CCC1C2CCl. The molecule has 1 amide bonds. The molecule has 4 heteroatoms. The molecule has 1 saturated heterocycles. The van der Waals surface area contributed by atoms with Gasteiger partial charge in [-0.3, -0.25) is 0 Å². The Morgan fingerprint density at radius 1 is 1.44 bits per heavy atom. The number of alkyl halides is 1. The summed E-state index contributed by atoms with van der Waals surface area (Å²) < 4.78 is 5.41. The molecule has 16 heavy (non-hydrogen) atoms. The molecule has 0 aromatic heterocycles. The van der Waals surface area contributed by atoms with Crippen molar-refractivity contribution >= 4 is 17.7 Å². The van der Waals surface area contributed by atoms with Crippen molar-refractivity contribution in [1.82, 2.24) is 4.90 Å². The molecule has 0 radical (unpaired) electrons. The molecule has 1 saturated carbocycles. The van der Waals surface area contributed by atoms with Crippen molar-refractivity contribution < 1.29 is 9.53 Å². The van der Waals surface area contributed by atoms with Gasteiger partial charge in [0, 0.05) is 18.5 Å². The highest BCUT2D eigenvalue weighted by Crippen LogP contribution is 2.43. The smallest absolute Gasteiger partial charge is 0.410 e. The molecule has 3 unspecified atom stereocenters. The zero-order valence-corrected chi connectivity index (χ0v) is 11.0. The van der Waals surface area contributed by atoms with Crippen LogP contribution in [0.25, 0.3) is 0 Å². The topological polar surface area (TPSA) is 29.5 Å². The summed E-state index contributed by atoms with van der Waals surface area (Å²) >= 11 is 5.96. The molecule has 0 N–H and O–H groups in total. The maximum Gasteiger partial charge on any atom is 0.410 e. The Labute approximate surface area is 102 Å². The van der Waals surface area contributed by atoms with Crippen LogP contribution < -0.4 is 0 Å². The lowest BCUT2D eigenvalue weighted by Gasteiger charge is -2.30. The van der Waals surface area contributed by atoms with E-state index in [0.29, 0.717) is 23.8 Å². The number of halogens is 1. The normalized spacial score (nSPS) is 33.2. The highest BCUT2D eigenvalue weighted by Gasteiger charge is 2.49. The largest absolute Gasteiger partial charge is 0.444 e. The van der Waals surface area contributed by atoms with Crippen LogP contribution in [0.5, 0.6) is 0 Å². The van der Waals surface area contributed by atoms with Crippen molar-refractivity contribution in [3.63, 3.8) is 0 Å². The van der Waals surface area contributed by atoms with E-state index in [1.807, 2.05) is 25.7 Å². The predicted molar refractivity (Wildman–Crippen MR) is 63.7 cm³/mol. The molecule has 92 valence electrons. The minimum atomic E-state index is -0.407. The fourth-order valence-electron chi connectivity index (χ4n) is 2.89. The van der Waals surface area contributed by atoms with E-state index in [-0.39, 0.29) is 6.09 Å². The van der Waals surface area contributed by atoms with E-state index < -0.39 is 5.60 Å². The van der Waals surface area contributed by atoms with Crippen molar-refractivity contribution in [3.05, 3.63) is 0 Å². The number of fused-ring (bicyclic) bond motifs is 2. The highest BCUT2D eigenvalue weighted by molar-refractivity contribution is 6.18. The van der Waals surface area contributed by atoms with Crippen LogP contribution in [-0.4, -0.2) is 35.1 Å². The predicted octanol–water partition coefficient (Wildman–Crippen LogP) is 2.87. The quantitative estimate of drug-likeness (QED) is 0.665. The molecular weight excluding hydrogens is 226 g/mol. The molecule has 3 atom stereocenters.